The van der Waals surface area contributed by atoms with E-state index < -0.39 is 0 Å². The molecular weight excluding hydrogens is 276 g/mol. The van der Waals surface area contributed by atoms with E-state index in [4.69, 9.17) is 22.7 Å². The first-order chi connectivity index (χ1) is 9.15. The van der Waals surface area contributed by atoms with E-state index >= 15 is 0 Å². The van der Waals surface area contributed by atoms with E-state index in [-0.39, 0.29) is 11.1 Å². The summed E-state index contributed by atoms with van der Waals surface area (Å²) < 4.78 is 0. The molecule has 2 aromatic carbocycles. The summed E-state index contributed by atoms with van der Waals surface area (Å²) in [5.41, 5.74) is 6.73. The summed E-state index contributed by atoms with van der Waals surface area (Å²) in [5, 5.41) is 8.38. The summed E-state index contributed by atoms with van der Waals surface area (Å²) in [4.78, 5) is 1.09. The van der Waals surface area contributed by atoms with Crippen LogP contribution in [0.15, 0.2) is 59.5 Å². The summed E-state index contributed by atoms with van der Waals surface area (Å²) >= 11 is 7.68. The van der Waals surface area contributed by atoms with Crippen molar-refractivity contribution in [3.63, 3.8) is 0 Å². The monoisotopic (exact) mass is 290 g/mol. The first-order valence-corrected chi connectivity index (χ1v) is 7.21. The molecule has 2 nitrogen and oxygen atoms in total. The Morgan fingerprint density at radius 1 is 1.16 bits per heavy atom. The molecule has 0 aromatic heterocycles. The number of thioether (sulfide) groups is 1. The van der Waals surface area contributed by atoms with Crippen LogP contribution in [0.2, 0.25) is 5.02 Å². The second kappa shape index (κ2) is 6.64. The zero-order chi connectivity index (χ0) is 13.7. The average molecular weight is 291 g/mol. The molecule has 0 radical (unpaired) electrons. The highest BCUT2D eigenvalue weighted by Crippen LogP contribution is 2.38. The lowest BCUT2D eigenvalue weighted by atomic mass is 10.1. The molecule has 3 N–H and O–H groups in total. The van der Waals surface area contributed by atoms with Crippen molar-refractivity contribution in [2.75, 3.05) is 0 Å². The Kier molecular flexibility index (Phi) is 4.88. The molecule has 98 valence electrons. The number of hydrogen-bond donors (Lipinski definition) is 2. The number of amidine groups is 1. The molecule has 2 aromatic rings. The lowest BCUT2D eigenvalue weighted by Gasteiger charge is -2.16. The van der Waals surface area contributed by atoms with Crippen molar-refractivity contribution in [1.29, 1.82) is 5.41 Å². The fourth-order valence-corrected chi connectivity index (χ4v) is 3.29. The summed E-state index contributed by atoms with van der Waals surface area (Å²) in [6.07, 6.45) is 0.529. The molecule has 19 heavy (non-hydrogen) atoms. The second-order valence-corrected chi connectivity index (χ2v) is 5.92. The van der Waals surface area contributed by atoms with Gasteiger partial charge in [-0.25, -0.2) is 0 Å². The van der Waals surface area contributed by atoms with Crippen LogP contribution in [0.5, 0.6) is 0 Å². The molecule has 0 aliphatic rings. The number of halogens is 1. The molecule has 1 atom stereocenters. The summed E-state index contributed by atoms with van der Waals surface area (Å²) in [6, 6.07) is 17.8. The first-order valence-electron chi connectivity index (χ1n) is 5.95. The van der Waals surface area contributed by atoms with Gasteiger partial charge in [-0.3, -0.25) is 5.41 Å². The Morgan fingerprint density at radius 2 is 1.89 bits per heavy atom. The molecular formula is C15H15ClN2S. The standard InChI is InChI=1S/C15H15ClN2S/c16-12-7-4-8-13(9-12)19-14(10-15(17)18)11-5-2-1-3-6-11/h1-9,14H,10H2,(H3,17,18). The lowest BCUT2D eigenvalue weighted by molar-refractivity contribution is 0.985. The molecule has 2 rings (SSSR count). The van der Waals surface area contributed by atoms with Crippen molar-refractivity contribution in [1.82, 2.24) is 0 Å². The van der Waals surface area contributed by atoms with Gasteiger partial charge in [-0.05, 0) is 23.8 Å². The van der Waals surface area contributed by atoms with E-state index in [9.17, 15) is 0 Å². The Labute approximate surface area is 122 Å². The minimum Gasteiger partial charge on any atom is -0.388 e. The molecule has 0 saturated carbocycles. The molecule has 1 unspecified atom stereocenters. The number of hydrogen-bond acceptors (Lipinski definition) is 2. The molecule has 4 heteroatoms. The summed E-state index contributed by atoms with van der Waals surface area (Å²) in [5.74, 6) is 0.198. The van der Waals surface area contributed by atoms with Gasteiger partial charge in [0.05, 0.1) is 5.84 Å². The molecule has 0 fully saturated rings. The van der Waals surface area contributed by atoms with Crippen LogP contribution in [0.25, 0.3) is 0 Å². The quantitative estimate of drug-likeness (QED) is 0.484. The highest BCUT2D eigenvalue weighted by atomic mass is 35.5. The molecule has 0 amide bonds. The number of benzene rings is 2. The van der Waals surface area contributed by atoms with E-state index in [2.05, 4.69) is 12.1 Å². The molecule has 0 aliphatic heterocycles. The Morgan fingerprint density at radius 3 is 2.53 bits per heavy atom. The van der Waals surface area contributed by atoms with Crippen LogP contribution in [0, 0.1) is 5.41 Å². The first kappa shape index (κ1) is 14.0. The van der Waals surface area contributed by atoms with Crippen LogP contribution in [-0.4, -0.2) is 5.84 Å². The maximum Gasteiger partial charge on any atom is 0.0920 e. The van der Waals surface area contributed by atoms with Gasteiger partial charge in [0.2, 0.25) is 0 Å². The summed E-state index contributed by atoms with van der Waals surface area (Å²) in [6.45, 7) is 0. The smallest absolute Gasteiger partial charge is 0.0920 e. The van der Waals surface area contributed by atoms with E-state index in [0.29, 0.717) is 6.42 Å². The van der Waals surface area contributed by atoms with Gasteiger partial charge in [-0.2, -0.15) is 0 Å². The van der Waals surface area contributed by atoms with E-state index in [0.717, 1.165) is 9.92 Å². The zero-order valence-electron chi connectivity index (χ0n) is 10.3. The van der Waals surface area contributed by atoms with Crippen LogP contribution >= 0.6 is 23.4 Å². The van der Waals surface area contributed by atoms with E-state index in [1.165, 1.54) is 5.56 Å². The van der Waals surface area contributed by atoms with Gasteiger partial charge in [0.1, 0.15) is 0 Å². The van der Waals surface area contributed by atoms with Crippen molar-refractivity contribution >= 4 is 29.2 Å². The largest absolute Gasteiger partial charge is 0.388 e. The van der Waals surface area contributed by atoms with E-state index in [1.54, 1.807) is 11.8 Å². The van der Waals surface area contributed by atoms with Crippen LogP contribution in [0.3, 0.4) is 0 Å². The number of rotatable bonds is 5. The Balaban J connectivity index is 2.21. The maximum absolute atomic E-state index is 7.52. The van der Waals surface area contributed by atoms with Crippen molar-refractivity contribution in [2.24, 2.45) is 5.73 Å². The lowest BCUT2D eigenvalue weighted by Crippen LogP contribution is -2.13. The predicted octanol–water partition coefficient (Wildman–Crippen LogP) is 4.50. The van der Waals surface area contributed by atoms with Crippen molar-refractivity contribution in [2.45, 2.75) is 16.6 Å². The average Bonchev–Trinajstić information content (AvgIpc) is 2.38. The van der Waals surface area contributed by atoms with Gasteiger partial charge >= 0.3 is 0 Å². The van der Waals surface area contributed by atoms with Crippen molar-refractivity contribution in [3.8, 4) is 0 Å². The van der Waals surface area contributed by atoms with Gasteiger partial charge in [-0.15, -0.1) is 11.8 Å². The van der Waals surface area contributed by atoms with E-state index in [1.807, 2.05) is 42.5 Å². The highest BCUT2D eigenvalue weighted by molar-refractivity contribution is 7.99. The zero-order valence-corrected chi connectivity index (χ0v) is 11.9. The molecule has 0 aliphatic carbocycles. The van der Waals surface area contributed by atoms with Gasteiger partial charge in [0.15, 0.2) is 0 Å². The summed E-state index contributed by atoms with van der Waals surface area (Å²) in [7, 11) is 0. The maximum atomic E-state index is 7.52. The van der Waals surface area contributed by atoms with Crippen LogP contribution in [0.4, 0.5) is 0 Å². The fraction of sp³-hybridized carbons (Fsp3) is 0.133. The van der Waals surface area contributed by atoms with Crippen LogP contribution < -0.4 is 5.73 Å². The molecule has 0 heterocycles. The van der Waals surface area contributed by atoms with Gasteiger partial charge in [-0.1, -0.05) is 48.0 Å². The normalized spacial score (nSPS) is 12.1. The third kappa shape index (κ3) is 4.30. The molecule has 0 saturated heterocycles. The SMILES string of the molecule is N=C(N)CC(Sc1cccc(Cl)c1)c1ccccc1. The molecule has 0 spiro atoms. The van der Waals surface area contributed by atoms with Crippen LogP contribution in [0.1, 0.15) is 17.2 Å². The minimum absolute atomic E-state index is 0.136. The van der Waals surface area contributed by atoms with Gasteiger partial charge in [0.25, 0.3) is 0 Å². The molecule has 0 bridgehead atoms. The Hall–Kier alpha value is -1.45. The Bertz CT molecular complexity index is 557. The third-order valence-corrected chi connectivity index (χ3v) is 4.14. The fourth-order valence-electron chi connectivity index (χ4n) is 1.80. The second-order valence-electron chi connectivity index (χ2n) is 4.20. The topological polar surface area (TPSA) is 49.9 Å². The predicted molar refractivity (Wildman–Crippen MR) is 83.0 cm³/mol. The number of nitrogens with two attached hydrogens (primary N) is 1. The van der Waals surface area contributed by atoms with Crippen molar-refractivity contribution < 1.29 is 0 Å². The van der Waals surface area contributed by atoms with Gasteiger partial charge in [0, 0.05) is 21.6 Å². The third-order valence-electron chi connectivity index (χ3n) is 2.65. The van der Waals surface area contributed by atoms with Crippen LogP contribution in [-0.2, 0) is 0 Å². The minimum atomic E-state index is 0.136. The van der Waals surface area contributed by atoms with Crippen molar-refractivity contribution in [3.05, 3.63) is 65.2 Å². The van der Waals surface area contributed by atoms with Gasteiger partial charge < -0.3 is 5.73 Å². The number of nitrogens with one attached hydrogen (secondary N) is 1. The highest BCUT2D eigenvalue weighted by Gasteiger charge is 2.14.